The summed E-state index contributed by atoms with van der Waals surface area (Å²) in [4.78, 5) is 11.9. The summed E-state index contributed by atoms with van der Waals surface area (Å²) >= 11 is 0. The fourth-order valence-corrected chi connectivity index (χ4v) is 3.32. The molecule has 0 aliphatic rings. The Morgan fingerprint density at radius 3 is 2.17 bits per heavy atom. The molecule has 0 aliphatic heterocycles. The molecule has 0 unspecified atom stereocenters. The number of methoxy groups -OCH3 is 1. The summed E-state index contributed by atoms with van der Waals surface area (Å²) in [5.74, 6) is 1.04. The predicted octanol–water partition coefficient (Wildman–Crippen LogP) is 7.17. The van der Waals surface area contributed by atoms with Crippen LogP contribution in [-0.2, 0) is 11.2 Å². The number of nitrogens with one attached hydrogen (secondary N) is 1. The summed E-state index contributed by atoms with van der Waals surface area (Å²) in [6.07, 6.45) is 24.0. The van der Waals surface area contributed by atoms with Crippen molar-refractivity contribution in [2.24, 2.45) is 0 Å². The third-order valence-corrected chi connectivity index (χ3v) is 5.25. The quantitative estimate of drug-likeness (QED) is 0.205. The van der Waals surface area contributed by atoms with Crippen LogP contribution in [-0.4, -0.2) is 19.6 Å². The van der Waals surface area contributed by atoms with Crippen molar-refractivity contribution >= 4 is 5.91 Å². The number of rotatable bonds is 18. The van der Waals surface area contributed by atoms with E-state index in [1.54, 1.807) is 7.11 Å². The number of ether oxygens (including phenoxy) is 1. The van der Waals surface area contributed by atoms with E-state index < -0.39 is 0 Å². The topological polar surface area (TPSA) is 38.3 Å². The molecule has 0 saturated heterocycles. The van der Waals surface area contributed by atoms with Crippen molar-refractivity contribution in [3.63, 3.8) is 0 Å². The monoisotopic (exact) mass is 413 g/mol. The molecule has 1 aromatic carbocycles. The van der Waals surface area contributed by atoms with Crippen molar-refractivity contribution in [2.45, 2.75) is 90.4 Å². The van der Waals surface area contributed by atoms with Crippen molar-refractivity contribution in [3.05, 3.63) is 54.1 Å². The number of benzene rings is 1. The van der Waals surface area contributed by atoms with Gasteiger partial charge in [0.2, 0.25) is 5.91 Å². The molecule has 0 atom stereocenters. The number of unbranched alkanes of at least 4 members (excludes halogenated alkanes) is 8. The Morgan fingerprint density at radius 1 is 0.867 bits per heavy atom. The second-order valence-corrected chi connectivity index (χ2v) is 7.93. The van der Waals surface area contributed by atoms with E-state index in [1.165, 1.54) is 56.9 Å². The number of hydrogen-bond acceptors (Lipinski definition) is 2. The van der Waals surface area contributed by atoms with E-state index in [2.05, 4.69) is 36.5 Å². The Morgan fingerprint density at radius 2 is 1.50 bits per heavy atom. The Hall–Kier alpha value is -2.03. The number of allylic oxidation sites excluding steroid dienone is 4. The molecule has 0 spiro atoms. The summed E-state index contributed by atoms with van der Waals surface area (Å²) < 4.78 is 5.16. The van der Waals surface area contributed by atoms with E-state index in [-0.39, 0.29) is 5.91 Å². The van der Waals surface area contributed by atoms with Crippen LogP contribution in [0.25, 0.3) is 0 Å². The van der Waals surface area contributed by atoms with E-state index in [0.717, 1.165) is 31.4 Å². The Bertz CT molecular complexity index is 589. The van der Waals surface area contributed by atoms with Crippen LogP contribution in [0.1, 0.15) is 89.5 Å². The van der Waals surface area contributed by atoms with Gasteiger partial charge in [0.1, 0.15) is 5.75 Å². The molecule has 1 rings (SSSR count). The van der Waals surface area contributed by atoms with Crippen molar-refractivity contribution < 1.29 is 9.53 Å². The van der Waals surface area contributed by atoms with Gasteiger partial charge in [-0.2, -0.15) is 0 Å². The number of amides is 1. The Labute approximate surface area is 185 Å². The average Bonchev–Trinajstić information content (AvgIpc) is 2.77. The van der Waals surface area contributed by atoms with Crippen LogP contribution in [0.4, 0.5) is 0 Å². The summed E-state index contributed by atoms with van der Waals surface area (Å²) in [6.45, 7) is 2.95. The highest BCUT2D eigenvalue weighted by Gasteiger charge is 2.01. The van der Waals surface area contributed by atoms with E-state index in [9.17, 15) is 4.79 Å². The van der Waals surface area contributed by atoms with Gasteiger partial charge in [-0.3, -0.25) is 4.79 Å². The first-order chi connectivity index (χ1) is 14.8. The zero-order valence-corrected chi connectivity index (χ0v) is 19.3. The van der Waals surface area contributed by atoms with E-state index in [0.29, 0.717) is 13.0 Å². The first kappa shape index (κ1) is 26.0. The van der Waals surface area contributed by atoms with Crippen molar-refractivity contribution in [3.8, 4) is 5.75 Å². The normalized spacial score (nSPS) is 11.4. The van der Waals surface area contributed by atoms with Crippen LogP contribution < -0.4 is 10.1 Å². The summed E-state index contributed by atoms with van der Waals surface area (Å²) in [5.41, 5.74) is 1.22. The van der Waals surface area contributed by atoms with Crippen LogP contribution in [0.3, 0.4) is 0 Å². The molecule has 168 valence electrons. The van der Waals surface area contributed by atoms with Crippen LogP contribution in [0, 0.1) is 0 Å². The second-order valence-electron chi connectivity index (χ2n) is 7.93. The van der Waals surface area contributed by atoms with E-state index in [1.807, 2.05) is 24.3 Å². The Balaban J connectivity index is 1.89. The SMILES string of the molecule is CCCCC/C=C\C/C=C\CCCCCCCC(=O)NCCc1ccc(OC)cc1. The highest BCUT2D eigenvalue weighted by molar-refractivity contribution is 5.75. The van der Waals surface area contributed by atoms with Crippen LogP contribution in [0.5, 0.6) is 5.75 Å². The van der Waals surface area contributed by atoms with Gasteiger partial charge in [0.25, 0.3) is 0 Å². The van der Waals surface area contributed by atoms with E-state index >= 15 is 0 Å². The number of carbonyl (C=O) groups is 1. The van der Waals surface area contributed by atoms with Gasteiger partial charge in [-0.1, -0.05) is 75.5 Å². The van der Waals surface area contributed by atoms with Crippen molar-refractivity contribution in [1.29, 1.82) is 0 Å². The molecule has 0 aromatic heterocycles. The van der Waals surface area contributed by atoms with Gasteiger partial charge in [0, 0.05) is 13.0 Å². The van der Waals surface area contributed by atoms with Gasteiger partial charge in [-0.15, -0.1) is 0 Å². The lowest BCUT2D eigenvalue weighted by atomic mass is 10.1. The third-order valence-electron chi connectivity index (χ3n) is 5.25. The third kappa shape index (κ3) is 14.9. The van der Waals surface area contributed by atoms with Crippen LogP contribution in [0.15, 0.2) is 48.6 Å². The maximum atomic E-state index is 11.9. The molecule has 0 aliphatic carbocycles. The first-order valence-corrected chi connectivity index (χ1v) is 12.0. The van der Waals surface area contributed by atoms with Gasteiger partial charge in [-0.05, 0) is 62.6 Å². The van der Waals surface area contributed by atoms with Gasteiger partial charge in [-0.25, -0.2) is 0 Å². The largest absolute Gasteiger partial charge is 0.497 e. The first-order valence-electron chi connectivity index (χ1n) is 12.0. The predicted molar refractivity (Wildman–Crippen MR) is 129 cm³/mol. The molecule has 3 heteroatoms. The van der Waals surface area contributed by atoms with Gasteiger partial charge in [0.05, 0.1) is 7.11 Å². The minimum Gasteiger partial charge on any atom is -0.497 e. The highest BCUT2D eigenvalue weighted by Crippen LogP contribution is 2.11. The standard InChI is InChI=1S/C27H43NO2/c1-3-4-5-6-7-8-9-10-11-12-13-14-15-16-17-18-27(29)28-24-23-25-19-21-26(30-2)22-20-25/h7-8,10-11,19-22H,3-6,9,12-18,23-24H2,1-2H3,(H,28,29)/b8-7-,11-10-. The zero-order valence-electron chi connectivity index (χ0n) is 19.3. The molecule has 0 radical (unpaired) electrons. The minimum atomic E-state index is 0.175. The molecule has 0 heterocycles. The highest BCUT2D eigenvalue weighted by atomic mass is 16.5. The molecule has 3 nitrogen and oxygen atoms in total. The molecule has 1 amide bonds. The van der Waals surface area contributed by atoms with Crippen molar-refractivity contribution in [1.82, 2.24) is 5.32 Å². The molecule has 0 bridgehead atoms. The molecule has 1 aromatic rings. The zero-order chi connectivity index (χ0) is 21.7. The maximum Gasteiger partial charge on any atom is 0.220 e. The fourth-order valence-electron chi connectivity index (χ4n) is 3.32. The fraction of sp³-hybridized carbons (Fsp3) is 0.593. The van der Waals surface area contributed by atoms with Gasteiger partial charge < -0.3 is 10.1 Å². The lowest BCUT2D eigenvalue weighted by Gasteiger charge is -2.06. The molecule has 0 fully saturated rings. The summed E-state index contributed by atoms with van der Waals surface area (Å²) in [7, 11) is 1.67. The smallest absolute Gasteiger partial charge is 0.220 e. The van der Waals surface area contributed by atoms with Gasteiger partial charge in [0.15, 0.2) is 0 Å². The molecular weight excluding hydrogens is 370 g/mol. The second kappa shape index (κ2) is 19.0. The summed E-state index contributed by atoms with van der Waals surface area (Å²) in [6, 6.07) is 8.01. The van der Waals surface area contributed by atoms with Gasteiger partial charge >= 0.3 is 0 Å². The lowest BCUT2D eigenvalue weighted by molar-refractivity contribution is -0.121. The van der Waals surface area contributed by atoms with E-state index in [4.69, 9.17) is 4.74 Å². The number of carbonyl (C=O) groups excluding carboxylic acids is 1. The molecule has 30 heavy (non-hydrogen) atoms. The molecule has 0 saturated carbocycles. The lowest BCUT2D eigenvalue weighted by Crippen LogP contribution is -2.25. The molecular formula is C27H43NO2. The number of hydrogen-bond donors (Lipinski definition) is 1. The van der Waals surface area contributed by atoms with Crippen LogP contribution >= 0.6 is 0 Å². The maximum absolute atomic E-state index is 11.9. The van der Waals surface area contributed by atoms with Crippen LogP contribution in [0.2, 0.25) is 0 Å². The summed E-state index contributed by atoms with van der Waals surface area (Å²) in [5, 5.41) is 3.02. The Kier molecular flexibility index (Phi) is 16.4. The average molecular weight is 414 g/mol. The molecule has 1 N–H and O–H groups in total. The van der Waals surface area contributed by atoms with Crippen molar-refractivity contribution in [2.75, 3.05) is 13.7 Å². The minimum absolute atomic E-state index is 0.175.